The van der Waals surface area contributed by atoms with Gasteiger partial charge in [0, 0.05) is 28.9 Å². The Balaban J connectivity index is 1.74. The fraction of sp³-hybridized carbons (Fsp3) is 0.278. The molecule has 0 aliphatic heterocycles. The number of carbonyl (C=O) groups is 2. The predicted molar refractivity (Wildman–Crippen MR) is 101 cm³/mol. The van der Waals surface area contributed by atoms with Crippen molar-refractivity contribution in [1.82, 2.24) is 4.98 Å². The van der Waals surface area contributed by atoms with E-state index in [9.17, 15) is 14.0 Å². The SMILES string of the molecule is CCN(C(C)=O)c1nc(COC(=O)c2sc3cccc(F)c3c2C)cs1. The summed E-state index contributed by atoms with van der Waals surface area (Å²) in [5, 5.41) is 2.79. The third kappa shape index (κ3) is 3.47. The third-order valence-corrected chi connectivity index (χ3v) is 6.06. The second-order valence-electron chi connectivity index (χ2n) is 5.63. The van der Waals surface area contributed by atoms with Crippen molar-refractivity contribution >= 4 is 49.8 Å². The molecule has 0 bridgehead atoms. The van der Waals surface area contributed by atoms with Crippen LogP contribution in [0.5, 0.6) is 0 Å². The molecule has 0 saturated carbocycles. The molecular weight excluding hydrogens is 375 g/mol. The molecule has 0 aliphatic rings. The zero-order valence-electron chi connectivity index (χ0n) is 14.5. The Morgan fingerprint density at radius 3 is 2.77 bits per heavy atom. The molecular formula is C18H17FN2O3S2. The number of benzene rings is 1. The number of aryl methyl sites for hydroxylation is 1. The first-order valence-electron chi connectivity index (χ1n) is 7.99. The fourth-order valence-electron chi connectivity index (χ4n) is 2.63. The summed E-state index contributed by atoms with van der Waals surface area (Å²) in [5.74, 6) is -0.937. The molecule has 2 aromatic heterocycles. The van der Waals surface area contributed by atoms with Crippen molar-refractivity contribution in [1.29, 1.82) is 0 Å². The Kier molecular flexibility index (Phi) is 5.33. The lowest BCUT2D eigenvalue weighted by molar-refractivity contribution is -0.116. The van der Waals surface area contributed by atoms with E-state index in [1.54, 1.807) is 29.3 Å². The van der Waals surface area contributed by atoms with Crippen LogP contribution < -0.4 is 4.90 Å². The van der Waals surface area contributed by atoms with E-state index >= 15 is 0 Å². The minimum absolute atomic E-state index is 0.000952. The van der Waals surface area contributed by atoms with Crippen molar-refractivity contribution in [3.05, 3.63) is 45.5 Å². The summed E-state index contributed by atoms with van der Waals surface area (Å²) in [4.78, 5) is 30.2. The van der Waals surface area contributed by atoms with E-state index in [1.165, 1.54) is 35.7 Å². The minimum Gasteiger partial charge on any atom is -0.455 e. The van der Waals surface area contributed by atoms with Gasteiger partial charge >= 0.3 is 5.97 Å². The van der Waals surface area contributed by atoms with Crippen LogP contribution in [0.2, 0.25) is 0 Å². The van der Waals surface area contributed by atoms with Gasteiger partial charge in [-0.3, -0.25) is 9.69 Å². The first-order valence-corrected chi connectivity index (χ1v) is 9.69. The summed E-state index contributed by atoms with van der Waals surface area (Å²) in [6, 6.07) is 4.77. The molecule has 3 aromatic rings. The van der Waals surface area contributed by atoms with Gasteiger partial charge in [0.15, 0.2) is 5.13 Å². The van der Waals surface area contributed by atoms with Gasteiger partial charge in [0.25, 0.3) is 0 Å². The zero-order valence-corrected chi connectivity index (χ0v) is 16.2. The molecule has 26 heavy (non-hydrogen) atoms. The molecule has 0 fully saturated rings. The maximum Gasteiger partial charge on any atom is 0.349 e. The Morgan fingerprint density at radius 1 is 1.35 bits per heavy atom. The van der Waals surface area contributed by atoms with Crippen LogP contribution in [0.15, 0.2) is 23.6 Å². The van der Waals surface area contributed by atoms with Gasteiger partial charge in [-0.25, -0.2) is 14.2 Å². The van der Waals surface area contributed by atoms with Crippen molar-refractivity contribution in [3.8, 4) is 0 Å². The Bertz CT molecular complexity index is 980. The van der Waals surface area contributed by atoms with Gasteiger partial charge in [-0.2, -0.15) is 0 Å². The van der Waals surface area contributed by atoms with Gasteiger partial charge in [-0.15, -0.1) is 22.7 Å². The Hall–Kier alpha value is -2.32. The number of carbonyl (C=O) groups excluding carboxylic acids is 2. The van der Waals surface area contributed by atoms with E-state index in [1.807, 2.05) is 6.92 Å². The number of thiophene rings is 1. The molecule has 0 unspecified atom stereocenters. The van der Waals surface area contributed by atoms with Crippen molar-refractivity contribution in [3.63, 3.8) is 0 Å². The monoisotopic (exact) mass is 392 g/mol. The molecule has 8 heteroatoms. The lowest BCUT2D eigenvalue weighted by Crippen LogP contribution is -2.27. The average molecular weight is 392 g/mol. The predicted octanol–water partition coefficient (Wildman–Crippen LogP) is 4.54. The highest BCUT2D eigenvalue weighted by molar-refractivity contribution is 7.21. The number of ether oxygens (including phenoxy) is 1. The number of nitrogens with zero attached hydrogens (tertiary/aromatic N) is 2. The molecule has 0 spiro atoms. The van der Waals surface area contributed by atoms with Crippen molar-refractivity contribution < 1.29 is 18.7 Å². The van der Waals surface area contributed by atoms with E-state index in [-0.39, 0.29) is 18.3 Å². The number of anilines is 1. The van der Waals surface area contributed by atoms with E-state index in [4.69, 9.17) is 4.74 Å². The zero-order chi connectivity index (χ0) is 18.8. The number of hydrogen-bond donors (Lipinski definition) is 0. The molecule has 1 amide bonds. The summed E-state index contributed by atoms with van der Waals surface area (Å²) in [5.41, 5.74) is 1.16. The summed E-state index contributed by atoms with van der Waals surface area (Å²) in [6.45, 7) is 5.58. The van der Waals surface area contributed by atoms with Crippen LogP contribution >= 0.6 is 22.7 Å². The van der Waals surface area contributed by atoms with Crippen LogP contribution in [0.4, 0.5) is 9.52 Å². The van der Waals surface area contributed by atoms with Gasteiger partial charge < -0.3 is 4.74 Å². The third-order valence-electron chi connectivity index (χ3n) is 3.91. The van der Waals surface area contributed by atoms with E-state index < -0.39 is 5.97 Å². The molecule has 0 saturated heterocycles. The van der Waals surface area contributed by atoms with Crippen molar-refractivity contribution in [2.45, 2.75) is 27.4 Å². The summed E-state index contributed by atoms with van der Waals surface area (Å²) >= 11 is 2.54. The van der Waals surface area contributed by atoms with Crippen molar-refractivity contribution in [2.75, 3.05) is 11.4 Å². The first kappa shape index (κ1) is 18.5. The average Bonchev–Trinajstić information content (AvgIpc) is 3.19. The molecule has 3 rings (SSSR count). The molecule has 0 aliphatic carbocycles. The highest BCUT2D eigenvalue weighted by Gasteiger charge is 2.20. The molecule has 136 valence electrons. The number of amides is 1. The lowest BCUT2D eigenvalue weighted by Gasteiger charge is -2.14. The standard InChI is InChI=1S/C18H17FN2O3S2/c1-4-21(11(3)22)18-20-12(9-25-18)8-24-17(23)16-10(2)15-13(19)6-5-7-14(15)26-16/h5-7,9H,4,8H2,1-3H3. The molecule has 5 nitrogen and oxygen atoms in total. The highest BCUT2D eigenvalue weighted by atomic mass is 32.1. The smallest absolute Gasteiger partial charge is 0.349 e. The van der Waals surface area contributed by atoms with Crippen LogP contribution in [0.1, 0.15) is 34.8 Å². The summed E-state index contributed by atoms with van der Waals surface area (Å²) < 4.78 is 20.0. The molecule has 0 N–H and O–H groups in total. The second kappa shape index (κ2) is 7.51. The maximum absolute atomic E-state index is 14.0. The largest absolute Gasteiger partial charge is 0.455 e. The maximum atomic E-state index is 14.0. The normalized spacial score (nSPS) is 10.9. The van der Waals surface area contributed by atoms with Crippen LogP contribution in [0, 0.1) is 12.7 Å². The summed E-state index contributed by atoms with van der Waals surface area (Å²) in [7, 11) is 0. The molecule has 0 atom stereocenters. The lowest BCUT2D eigenvalue weighted by atomic mass is 10.1. The second-order valence-corrected chi connectivity index (χ2v) is 7.52. The van der Waals surface area contributed by atoms with Crippen LogP contribution in [0.25, 0.3) is 10.1 Å². The number of esters is 1. The number of aromatic nitrogens is 1. The van der Waals surface area contributed by atoms with Gasteiger partial charge in [0.05, 0.1) is 5.69 Å². The van der Waals surface area contributed by atoms with Crippen LogP contribution in [0.3, 0.4) is 0 Å². The van der Waals surface area contributed by atoms with E-state index in [0.717, 1.165) is 0 Å². The Labute approximate surface area is 158 Å². The number of halogens is 1. The minimum atomic E-state index is -0.503. The highest BCUT2D eigenvalue weighted by Crippen LogP contribution is 2.33. The van der Waals surface area contributed by atoms with Crippen molar-refractivity contribution in [2.24, 2.45) is 0 Å². The van der Waals surface area contributed by atoms with E-state index in [2.05, 4.69) is 4.98 Å². The number of thiazole rings is 1. The Morgan fingerprint density at radius 2 is 2.12 bits per heavy atom. The molecule has 2 heterocycles. The number of fused-ring (bicyclic) bond motifs is 1. The molecule has 1 aromatic carbocycles. The van der Waals surface area contributed by atoms with Gasteiger partial charge in [-0.05, 0) is 31.5 Å². The number of rotatable bonds is 5. The molecule has 0 radical (unpaired) electrons. The number of hydrogen-bond acceptors (Lipinski definition) is 6. The quantitative estimate of drug-likeness (QED) is 0.599. The van der Waals surface area contributed by atoms with E-state index in [0.29, 0.717) is 37.9 Å². The van der Waals surface area contributed by atoms with Gasteiger partial charge in [-0.1, -0.05) is 6.07 Å². The fourth-order valence-corrected chi connectivity index (χ4v) is 4.67. The topological polar surface area (TPSA) is 59.5 Å². The van der Waals surface area contributed by atoms with Gasteiger partial charge in [0.2, 0.25) is 5.91 Å². The van der Waals surface area contributed by atoms with Crippen LogP contribution in [-0.2, 0) is 16.1 Å². The van der Waals surface area contributed by atoms with Crippen LogP contribution in [-0.4, -0.2) is 23.4 Å². The summed E-state index contributed by atoms with van der Waals surface area (Å²) in [6.07, 6.45) is 0. The van der Waals surface area contributed by atoms with Gasteiger partial charge in [0.1, 0.15) is 17.3 Å². The first-order chi connectivity index (χ1) is 12.4.